The van der Waals surface area contributed by atoms with Crippen LogP contribution in [0.1, 0.15) is 5.69 Å². The van der Waals surface area contributed by atoms with Gasteiger partial charge in [0.25, 0.3) is 0 Å². The van der Waals surface area contributed by atoms with E-state index in [0.29, 0.717) is 17.3 Å². The summed E-state index contributed by atoms with van der Waals surface area (Å²) in [5.41, 5.74) is 7.03. The van der Waals surface area contributed by atoms with Crippen LogP contribution in [0.15, 0.2) is 30.7 Å². The molecule has 0 amide bonds. The van der Waals surface area contributed by atoms with Gasteiger partial charge in [0.05, 0.1) is 22.7 Å². The molecule has 0 saturated heterocycles. The van der Waals surface area contributed by atoms with E-state index in [0.717, 1.165) is 5.69 Å². The van der Waals surface area contributed by atoms with E-state index in [9.17, 15) is 4.39 Å². The van der Waals surface area contributed by atoms with E-state index < -0.39 is 0 Å². The van der Waals surface area contributed by atoms with Crippen LogP contribution in [0.4, 0.5) is 4.39 Å². The van der Waals surface area contributed by atoms with E-state index in [-0.39, 0.29) is 5.82 Å². The van der Waals surface area contributed by atoms with Crippen molar-refractivity contribution in [3.63, 3.8) is 0 Å². The number of benzene rings is 1. The molecule has 0 aliphatic heterocycles. The summed E-state index contributed by atoms with van der Waals surface area (Å²) in [6.07, 6.45) is 3.25. The van der Waals surface area contributed by atoms with Crippen molar-refractivity contribution in [2.45, 2.75) is 6.54 Å². The average molecular weight is 226 g/mol. The Morgan fingerprint density at radius 1 is 1.47 bits per heavy atom. The van der Waals surface area contributed by atoms with Crippen molar-refractivity contribution in [1.29, 1.82) is 0 Å². The molecular weight excluding hydrogens is 217 g/mol. The number of rotatable bonds is 2. The monoisotopic (exact) mass is 225 g/mol. The minimum Gasteiger partial charge on any atom is -0.325 e. The second kappa shape index (κ2) is 4.00. The Balaban J connectivity index is 2.54. The predicted octanol–water partition coefficient (Wildman–Crippen LogP) is 2.12. The molecule has 0 bridgehead atoms. The van der Waals surface area contributed by atoms with Crippen LogP contribution in [0, 0.1) is 5.82 Å². The fourth-order valence-electron chi connectivity index (χ4n) is 1.37. The maximum atomic E-state index is 12.8. The number of hydrogen-bond donors (Lipinski definition) is 1. The Labute approximate surface area is 91.3 Å². The smallest absolute Gasteiger partial charge is 0.124 e. The number of nitrogens with two attached hydrogens (primary N) is 1. The lowest BCUT2D eigenvalue weighted by Crippen LogP contribution is -2.05. The quantitative estimate of drug-likeness (QED) is 0.851. The zero-order valence-corrected chi connectivity index (χ0v) is 8.58. The fraction of sp³-hybridized carbons (Fsp3) is 0.100. The van der Waals surface area contributed by atoms with Gasteiger partial charge in [-0.1, -0.05) is 11.6 Å². The molecule has 0 atom stereocenters. The van der Waals surface area contributed by atoms with Crippen LogP contribution >= 0.6 is 11.6 Å². The summed E-state index contributed by atoms with van der Waals surface area (Å²) in [6, 6.07) is 4.21. The minimum absolute atomic E-state index is 0.336. The molecule has 0 saturated carbocycles. The van der Waals surface area contributed by atoms with Gasteiger partial charge < -0.3 is 10.3 Å². The lowest BCUT2D eigenvalue weighted by atomic mass is 10.3. The Hall–Kier alpha value is -1.39. The van der Waals surface area contributed by atoms with Gasteiger partial charge in [0, 0.05) is 12.7 Å². The Bertz CT molecular complexity index is 481. The van der Waals surface area contributed by atoms with Crippen LogP contribution in [0.25, 0.3) is 5.69 Å². The predicted molar refractivity (Wildman–Crippen MR) is 56.4 cm³/mol. The Morgan fingerprint density at radius 3 is 2.93 bits per heavy atom. The highest BCUT2D eigenvalue weighted by atomic mass is 35.5. The number of hydrogen-bond acceptors (Lipinski definition) is 2. The van der Waals surface area contributed by atoms with Crippen molar-refractivity contribution in [3.05, 3.63) is 47.3 Å². The molecule has 0 unspecified atom stereocenters. The van der Waals surface area contributed by atoms with E-state index in [4.69, 9.17) is 17.3 Å². The number of halogens is 2. The summed E-state index contributed by atoms with van der Waals surface area (Å²) in [7, 11) is 0. The standard InChI is InChI=1S/C10H9ClFN3/c11-9-3-7(12)1-2-10(9)15-6-14-5-8(15)4-13/h1-3,5-6H,4,13H2. The van der Waals surface area contributed by atoms with Gasteiger partial charge in [-0.3, -0.25) is 0 Å². The molecule has 0 radical (unpaired) electrons. The van der Waals surface area contributed by atoms with Gasteiger partial charge in [-0.05, 0) is 18.2 Å². The molecule has 0 fully saturated rings. The molecule has 1 heterocycles. The summed E-state index contributed by atoms with van der Waals surface area (Å²) in [5, 5.41) is 0.336. The summed E-state index contributed by atoms with van der Waals surface area (Å²) in [6.45, 7) is 0.355. The van der Waals surface area contributed by atoms with E-state index in [1.807, 2.05) is 0 Å². The fourth-order valence-corrected chi connectivity index (χ4v) is 1.63. The molecule has 15 heavy (non-hydrogen) atoms. The van der Waals surface area contributed by atoms with Gasteiger partial charge in [-0.25, -0.2) is 9.37 Å². The molecule has 2 aromatic rings. The number of nitrogens with zero attached hydrogens (tertiary/aromatic N) is 2. The highest BCUT2D eigenvalue weighted by Gasteiger charge is 2.07. The summed E-state index contributed by atoms with van der Waals surface area (Å²) < 4.78 is 14.6. The van der Waals surface area contributed by atoms with Gasteiger partial charge in [-0.15, -0.1) is 0 Å². The molecule has 3 nitrogen and oxygen atoms in total. The van der Waals surface area contributed by atoms with Crippen LogP contribution < -0.4 is 5.73 Å². The molecule has 1 aromatic heterocycles. The second-order valence-electron chi connectivity index (χ2n) is 3.05. The van der Waals surface area contributed by atoms with Crippen LogP contribution in [-0.2, 0) is 6.54 Å². The van der Waals surface area contributed by atoms with Gasteiger partial charge in [-0.2, -0.15) is 0 Å². The van der Waals surface area contributed by atoms with Gasteiger partial charge in [0.2, 0.25) is 0 Å². The van der Waals surface area contributed by atoms with Crippen molar-refractivity contribution in [2.75, 3.05) is 0 Å². The lowest BCUT2D eigenvalue weighted by molar-refractivity contribution is 0.627. The van der Waals surface area contributed by atoms with Gasteiger partial charge in [0.15, 0.2) is 0 Å². The summed E-state index contributed by atoms with van der Waals surface area (Å²) in [4.78, 5) is 3.96. The zero-order valence-electron chi connectivity index (χ0n) is 7.82. The first-order valence-electron chi connectivity index (χ1n) is 4.39. The third kappa shape index (κ3) is 1.86. The largest absolute Gasteiger partial charge is 0.325 e. The van der Waals surface area contributed by atoms with Crippen molar-refractivity contribution in [2.24, 2.45) is 5.73 Å². The van der Waals surface area contributed by atoms with Crippen molar-refractivity contribution in [3.8, 4) is 5.69 Å². The zero-order chi connectivity index (χ0) is 10.8. The maximum absolute atomic E-state index is 12.8. The molecule has 0 spiro atoms. The molecular formula is C10H9ClFN3. The molecule has 78 valence electrons. The number of imidazole rings is 1. The van der Waals surface area contributed by atoms with Crippen LogP contribution in [0.3, 0.4) is 0 Å². The topological polar surface area (TPSA) is 43.8 Å². The number of aromatic nitrogens is 2. The normalized spacial score (nSPS) is 10.6. The minimum atomic E-state index is -0.363. The highest BCUT2D eigenvalue weighted by Crippen LogP contribution is 2.22. The summed E-state index contributed by atoms with van der Waals surface area (Å²) >= 11 is 5.92. The maximum Gasteiger partial charge on any atom is 0.124 e. The molecule has 1 aromatic carbocycles. The third-order valence-electron chi connectivity index (χ3n) is 2.09. The van der Waals surface area contributed by atoms with Crippen molar-refractivity contribution < 1.29 is 4.39 Å². The van der Waals surface area contributed by atoms with E-state index >= 15 is 0 Å². The molecule has 0 aliphatic carbocycles. The van der Waals surface area contributed by atoms with Gasteiger partial charge >= 0.3 is 0 Å². The lowest BCUT2D eigenvalue weighted by Gasteiger charge is -2.08. The highest BCUT2D eigenvalue weighted by molar-refractivity contribution is 6.32. The van der Waals surface area contributed by atoms with Crippen LogP contribution in [0.2, 0.25) is 5.02 Å². The first kappa shape index (κ1) is 10.1. The molecule has 5 heteroatoms. The van der Waals surface area contributed by atoms with Crippen LogP contribution in [-0.4, -0.2) is 9.55 Å². The van der Waals surface area contributed by atoms with E-state index in [2.05, 4.69) is 4.98 Å². The molecule has 2 rings (SSSR count). The van der Waals surface area contributed by atoms with Gasteiger partial charge in [0.1, 0.15) is 5.82 Å². The average Bonchev–Trinajstić information content (AvgIpc) is 2.65. The van der Waals surface area contributed by atoms with Crippen molar-refractivity contribution in [1.82, 2.24) is 9.55 Å². The van der Waals surface area contributed by atoms with E-state index in [1.165, 1.54) is 12.1 Å². The first-order valence-corrected chi connectivity index (χ1v) is 4.77. The third-order valence-corrected chi connectivity index (χ3v) is 2.40. The summed E-state index contributed by atoms with van der Waals surface area (Å²) in [5.74, 6) is -0.363. The Morgan fingerprint density at radius 2 is 2.27 bits per heavy atom. The second-order valence-corrected chi connectivity index (χ2v) is 3.46. The van der Waals surface area contributed by atoms with E-state index in [1.54, 1.807) is 23.2 Å². The first-order chi connectivity index (χ1) is 7.22. The Kier molecular flexibility index (Phi) is 2.70. The van der Waals surface area contributed by atoms with Crippen molar-refractivity contribution >= 4 is 11.6 Å². The van der Waals surface area contributed by atoms with Crippen LogP contribution in [0.5, 0.6) is 0 Å². The molecule has 0 aliphatic rings. The molecule has 2 N–H and O–H groups in total. The SMILES string of the molecule is NCc1cncn1-c1ccc(F)cc1Cl.